The lowest BCUT2D eigenvalue weighted by Gasteiger charge is -2.12. The lowest BCUT2D eigenvalue weighted by molar-refractivity contribution is 0.0947. The van der Waals surface area contributed by atoms with Crippen LogP contribution in [0.4, 0.5) is 4.39 Å². The Morgan fingerprint density at radius 1 is 0.971 bits per heavy atom. The van der Waals surface area contributed by atoms with E-state index in [0.717, 1.165) is 46.0 Å². The number of aromatic hydroxyl groups is 1. The molecule has 0 aliphatic carbocycles. The minimum Gasteiger partial charge on any atom is -0.508 e. The molecule has 35 heavy (non-hydrogen) atoms. The average Bonchev–Trinajstić information content (AvgIpc) is 3.21. The number of hydrogen-bond acceptors (Lipinski definition) is 4. The number of nitrogens with one attached hydrogen (secondary N) is 2. The lowest BCUT2D eigenvalue weighted by atomic mass is 9.99. The maximum atomic E-state index is 13.3. The first kappa shape index (κ1) is 28.1. The number of H-pyrrole nitrogens is 1. The van der Waals surface area contributed by atoms with Gasteiger partial charge in [-0.25, -0.2) is 4.39 Å². The van der Waals surface area contributed by atoms with E-state index in [1.165, 1.54) is 12.1 Å². The van der Waals surface area contributed by atoms with Crippen molar-refractivity contribution in [1.82, 2.24) is 10.3 Å². The van der Waals surface area contributed by atoms with Gasteiger partial charge in [-0.05, 0) is 66.4 Å². The molecule has 1 atom stereocenters. The molecule has 0 aliphatic heterocycles. The Kier molecular flexibility index (Phi) is 10.1. The molecule has 0 bridgehead atoms. The van der Waals surface area contributed by atoms with Crippen molar-refractivity contribution in [2.24, 2.45) is 11.5 Å². The first-order valence-corrected chi connectivity index (χ1v) is 10.9. The topological polar surface area (TPSA) is 117 Å². The van der Waals surface area contributed by atoms with Gasteiger partial charge in [-0.1, -0.05) is 36.4 Å². The largest absolute Gasteiger partial charge is 0.508 e. The SMILES string of the molecule is Cl.Cl.NCCCC(N)CNC(=O)c1[nH]c2cc(-c3ccc(F)cc3)ccc2c1-c1ccc(O)cc1. The molecule has 1 heterocycles. The van der Waals surface area contributed by atoms with Crippen LogP contribution in [-0.2, 0) is 0 Å². The summed E-state index contributed by atoms with van der Waals surface area (Å²) < 4.78 is 13.3. The van der Waals surface area contributed by atoms with Crippen molar-refractivity contribution in [2.75, 3.05) is 13.1 Å². The average molecular weight is 519 g/mol. The van der Waals surface area contributed by atoms with Crippen LogP contribution in [0.3, 0.4) is 0 Å². The minimum atomic E-state index is -0.294. The van der Waals surface area contributed by atoms with Crippen LogP contribution >= 0.6 is 24.8 Å². The van der Waals surface area contributed by atoms with Gasteiger partial charge in [0.1, 0.15) is 17.3 Å². The van der Waals surface area contributed by atoms with Gasteiger partial charge in [0.25, 0.3) is 5.91 Å². The minimum absolute atomic E-state index is 0. The fourth-order valence-electron chi connectivity index (χ4n) is 3.91. The van der Waals surface area contributed by atoms with E-state index in [9.17, 15) is 14.3 Å². The van der Waals surface area contributed by atoms with Crippen LogP contribution in [0.2, 0.25) is 0 Å². The lowest BCUT2D eigenvalue weighted by Crippen LogP contribution is -2.37. The number of benzene rings is 3. The Bertz CT molecular complexity index is 1260. The van der Waals surface area contributed by atoms with Crippen LogP contribution in [0.25, 0.3) is 33.2 Å². The molecule has 0 spiro atoms. The quantitative estimate of drug-likeness (QED) is 0.226. The van der Waals surface area contributed by atoms with Crippen molar-refractivity contribution in [3.8, 4) is 28.0 Å². The number of carbonyl (C=O) groups excluding carboxylic acids is 1. The Balaban J connectivity index is 0.00000216. The van der Waals surface area contributed by atoms with Crippen molar-refractivity contribution < 1.29 is 14.3 Å². The Morgan fingerprint density at radius 2 is 1.60 bits per heavy atom. The van der Waals surface area contributed by atoms with Gasteiger partial charge in [0, 0.05) is 29.1 Å². The summed E-state index contributed by atoms with van der Waals surface area (Å²) in [5.74, 6) is -0.409. The van der Waals surface area contributed by atoms with Gasteiger partial charge in [0.05, 0.1) is 0 Å². The maximum absolute atomic E-state index is 13.3. The number of aromatic nitrogens is 1. The molecule has 1 aromatic heterocycles. The molecule has 1 amide bonds. The summed E-state index contributed by atoms with van der Waals surface area (Å²) in [4.78, 5) is 16.4. The summed E-state index contributed by atoms with van der Waals surface area (Å²) in [6, 6.07) is 18.6. The van der Waals surface area contributed by atoms with E-state index in [1.54, 1.807) is 36.4 Å². The zero-order chi connectivity index (χ0) is 23.4. The molecule has 0 saturated heterocycles. The van der Waals surface area contributed by atoms with Crippen LogP contribution in [0.15, 0.2) is 66.7 Å². The number of halogens is 3. The zero-order valence-corrected chi connectivity index (χ0v) is 20.6. The number of fused-ring (bicyclic) bond motifs is 1. The summed E-state index contributed by atoms with van der Waals surface area (Å²) in [6.07, 6.45) is 1.53. The smallest absolute Gasteiger partial charge is 0.268 e. The van der Waals surface area contributed by atoms with Gasteiger partial charge < -0.3 is 26.9 Å². The fraction of sp³-hybridized carbons (Fsp3) is 0.192. The number of amides is 1. The van der Waals surface area contributed by atoms with Crippen LogP contribution < -0.4 is 16.8 Å². The van der Waals surface area contributed by atoms with E-state index in [2.05, 4.69) is 10.3 Å². The third-order valence-corrected chi connectivity index (χ3v) is 5.66. The highest BCUT2D eigenvalue weighted by Gasteiger charge is 2.20. The summed E-state index contributed by atoms with van der Waals surface area (Å²) in [7, 11) is 0. The Hall–Kier alpha value is -3.10. The highest BCUT2D eigenvalue weighted by Crippen LogP contribution is 2.35. The predicted octanol–water partition coefficient (Wildman–Crippen LogP) is 4.99. The highest BCUT2D eigenvalue weighted by atomic mass is 35.5. The number of phenolic OH excluding ortho intramolecular Hbond substituents is 1. The predicted molar refractivity (Wildman–Crippen MR) is 144 cm³/mol. The van der Waals surface area contributed by atoms with Crippen molar-refractivity contribution in [2.45, 2.75) is 18.9 Å². The number of nitrogens with two attached hydrogens (primary N) is 2. The van der Waals surface area contributed by atoms with Crippen LogP contribution in [0.5, 0.6) is 5.75 Å². The Labute approximate surface area is 215 Å². The molecule has 4 rings (SSSR count). The van der Waals surface area contributed by atoms with E-state index in [0.29, 0.717) is 18.8 Å². The van der Waals surface area contributed by atoms with E-state index in [-0.39, 0.29) is 48.3 Å². The standard InChI is InChI=1S/C26H27FN4O2.2ClH/c27-19-8-3-16(4-9-19)18-7-12-22-23(14-18)31-25(24(22)17-5-10-21(32)11-6-17)26(33)30-15-20(29)2-1-13-28;;/h3-12,14,20,31-32H,1-2,13,15,28-29H2,(H,30,33);2*1H. The third kappa shape index (κ3) is 6.52. The van der Waals surface area contributed by atoms with Gasteiger partial charge >= 0.3 is 0 Å². The number of phenols is 1. The first-order valence-electron chi connectivity index (χ1n) is 10.9. The van der Waals surface area contributed by atoms with E-state index in [4.69, 9.17) is 11.5 Å². The fourth-order valence-corrected chi connectivity index (χ4v) is 3.91. The number of carbonyl (C=O) groups is 1. The number of aromatic amines is 1. The van der Waals surface area contributed by atoms with Gasteiger partial charge in [-0.2, -0.15) is 0 Å². The molecule has 9 heteroatoms. The molecule has 0 aliphatic rings. The van der Waals surface area contributed by atoms with Crippen molar-refractivity contribution in [3.05, 3.63) is 78.2 Å². The molecular weight excluding hydrogens is 490 g/mol. The second-order valence-electron chi connectivity index (χ2n) is 8.09. The molecule has 0 saturated carbocycles. The van der Waals surface area contributed by atoms with E-state index < -0.39 is 0 Å². The summed E-state index contributed by atoms with van der Waals surface area (Å²) in [6.45, 7) is 0.898. The van der Waals surface area contributed by atoms with E-state index >= 15 is 0 Å². The summed E-state index contributed by atoms with van der Waals surface area (Å²) in [5.41, 5.74) is 16.1. The molecule has 186 valence electrons. The van der Waals surface area contributed by atoms with Crippen LogP contribution in [-0.4, -0.2) is 35.1 Å². The zero-order valence-electron chi connectivity index (χ0n) is 19.0. The van der Waals surface area contributed by atoms with Gasteiger partial charge in [0.2, 0.25) is 0 Å². The normalized spacial score (nSPS) is 11.4. The second kappa shape index (κ2) is 12.6. The van der Waals surface area contributed by atoms with Gasteiger partial charge in [-0.15, -0.1) is 24.8 Å². The van der Waals surface area contributed by atoms with E-state index in [1.807, 2.05) is 18.2 Å². The maximum Gasteiger partial charge on any atom is 0.268 e. The van der Waals surface area contributed by atoms with Gasteiger partial charge in [-0.3, -0.25) is 4.79 Å². The van der Waals surface area contributed by atoms with Gasteiger partial charge in [0.15, 0.2) is 0 Å². The summed E-state index contributed by atoms with van der Waals surface area (Å²) in [5, 5.41) is 13.5. The molecule has 0 fully saturated rings. The monoisotopic (exact) mass is 518 g/mol. The number of rotatable bonds is 8. The summed E-state index contributed by atoms with van der Waals surface area (Å²) >= 11 is 0. The van der Waals surface area contributed by atoms with Crippen LogP contribution in [0, 0.1) is 5.82 Å². The molecule has 3 aromatic carbocycles. The van der Waals surface area contributed by atoms with Crippen molar-refractivity contribution in [1.29, 1.82) is 0 Å². The molecule has 0 radical (unpaired) electrons. The molecular formula is C26H29Cl2FN4O2. The second-order valence-corrected chi connectivity index (χ2v) is 8.09. The highest BCUT2D eigenvalue weighted by molar-refractivity contribution is 6.10. The molecule has 7 N–H and O–H groups in total. The molecule has 1 unspecified atom stereocenters. The van der Waals surface area contributed by atoms with Crippen molar-refractivity contribution in [3.63, 3.8) is 0 Å². The van der Waals surface area contributed by atoms with Crippen molar-refractivity contribution >= 4 is 41.6 Å². The van der Waals surface area contributed by atoms with Crippen LogP contribution in [0.1, 0.15) is 23.3 Å². The number of hydrogen-bond donors (Lipinski definition) is 5. The Morgan fingerprint density at radius 3 is 2.26 bits per heavy atom. The molecule has 4 aromatic rings. The first-order chi connectivity index (χ1) is 16.0. The third-order valence-electron chi connectivity index (χ3n) is 5.66. The molecule has 6 nitrogen and oxygen atoms in total.